The summed E-state index contributed by atoms with van der Waals surface area (Å²) >= 11 is 0. The van der Waals surface area contributed by atoms with E-state index < -0.39 is 29.5 Å². The minimum atomic E-state index is -0.921. The molecule has 1 aromatic carbocycles. The number of carbonyl (C=O) groups is 1. The summed E-state index contributed by atoms with van der Waals surface area (Å²) in [5.41, 5.74) is 0.0242. The van der Waals surface area contributed by atoms with Gasteiger partial charge >= 0.3 is 12.2 Å². The standard InChI is InChI=1S/C33H34F3N7O4/c34-18-10-33(5-2-7-43(33)15-18)17-46-30-39-27-22-13-37-28(26(27)36)25-20(23(35)9-24-21(25)14-38-41-24)3-8-45-31(44)47-19-11-32(12-19)4-1-6-42(16-32)29(22)40-30/h9,13-14,18-19H,1-8,10-12,15-17H2,(H,38,41)/t18-,19?,32?,33+/m1/s1. The van der Waals surface area contributed by atoms with Crippen LogP contribution in [0.15, 0.2) is 18.5 Å². The molecule has 7 aliphatic rings. The number of hydrogen-bond donors (Lipinski definition) is 1. The van der Waals surface area contributed by atoms with Crippen molar-refractivity contribution in [3.05, 3.63) is 35.7 Å². The first kappa shape index (κ1) is 29.0. The van der Waals surface area contributed by atoms with Gasteiger partial charge in [0.1, 0.15) is 41.7 Å². The second-order valence-electron chi connectivity index (χ2n) is 13.9. The summed E-state index contributed by atoms with van der Waals surface area (Å²) in [6.45, 7) is 2.52. The fourth-order valence-corrected chi connectivity index (χ4v) is 8.88. The van der Waals surface area contributed by atoms with E-state index in [1.54, 1.807) is 6.20 Å². The molecule has 6 aliphatic heterocycles. The summed E-state index contributed by atoms with van der Waals surface area (Å²) < 4.78 is 64.4. The molecule has 11 rings (SSSR count). The lowest BCUT2D eigenvalue weighted by molar-refractivity contribution is -0.0717. The smallest absolute Gasteiger partial charge is 0.461 e. The Kier molecular flexibility index (Phi) is 6.57. The molecule has 1 saturated carbocycles. The number of piperidine rings is 1. The van der Waals surface area contributed by atoms with E-state index in [9.17, 15) is 9.18 Å². The van der Waals surface area contributed by atoms with Crippen LogP contribution in [-0.4, -0.2) is 93.4 Å². The van der Waals surface area contributed by atoms with E-state index in [1.165, 1.54) is 12.3 Å². The molecule has 7 bridgehead atoms. The molecular formula is C33H34F3N7O4. The molecule has 1 aliphatic carbocycles. The largest absolute Gasteiger partial charge is 0.508 e. The van der Waals surface area contributed by atoms with Crippen LogP contribution in [-0.2, 0) is 15.9 Å². The van der Waals surface area contributed by atoms with Gasteiger partial charge in [-0.1, -0.05) is 0 Å². The van der Waals surface area contributed by atoms with Gasteiger partial charge in [0, 0.05) is 55.2 Å². The Morgan fingerprint density at radius 2 is 1.96 bits per heavy atom. The molecule has 246 valence electrons. The zero-order chi connectivity index (χ0) is 31.9. The molecule has 0 amide bonds. The van der Waals surface area contributed by atoms with Crippen molar-refractivity contribution in [3.8, 4) is 17.3 Å². The predicted molar refractivity (Wildman–Crippen MR) is 164 cm³/mol. The number of H-pyrrole nitrogens is 1. The average Bonchev–Trinajstić information content (AvgIpc) is 3.73. The third kappa shape index (κ3) is 4.69. The molecule has 1 N–H and O–H groups in total. The lowest BCUT2D eigenvalue weighted by Gasteiger charge is -2.52. The number of benzene rings is 1. The highest BCUT2D eigenvalue weighted by Crippen LogP contribution is 2.50. The number of pyridine rings is 1. The highest BCUT2D eigenvalue weighted by Gasteiger charge is 2.50. The van der Waals surface area contributed by atoms with E-state index in [0.717, 1.165) is 32.2 Å². The Balaban J connectivity index is 1.20. The summed E-state index contributed by atoms with van der Waals surface area (Å²) in [5, 5.41) is 7.69. The van der Waals surface area contributed by atoms with Gasteiger partial charge in [-0.2, -0.15) is 15.1 Å². The highest BCUT2D eigenvalue weighted by atomic mass is 19.1. The fraction of sp³-hybridized carbons (Fsp3) is 0.545. The first-order valence-corrected chi connectivity index (χ1v) is 16.4. The van der Waals surface area contributed by atoms with Crippen LogP contribution >= 0.6 is 0 Å². The van der Waals surface area contributed by atoms with Crippen molar-refractivity contribution < 1.29 is 32.2 Å². The van der Waals surface area contributed by atoms with Crippen molar-refractivity contribution in [1.29, 1.82) is 0 Å². The van der Waals surface area contributed by atoms with Gasteiger partial charge in [0.15, 0.2) is 5.82 Å². The third-order valence-corrected chi connectivity index (χ3v) is 11.0. The molecule has 2 atom stereocenters. The number of fused-ring (bicyclic) bond motifs is 2. The molecule has 11 nitrogen and oxygen atoms in total. The maximum atomic E-state index is 17.0. The zero-order valence-electron chi connectivity index (χ0n) is 25.7. The summed E-state index contributed by atoms with van der Waals surface area (Å²) in [4.78, 5) is 30.8. The average molecular weight is 650 g/mol. The number of ether oxygens (including phenoxy) is 3. The van der Waals surface area contributed by atoms with Crippen LogP contribution in [0.1, 0.15) is 50.5 Å². The monoisotopic (exact) mass is 649 g/mol. The Bertz CT molecular complexity index is 1920. The van der Waals surface area contributed by atoms with Gasteiger partial charge in [-0.15, -0.1) is 0 Å². The second-order valence-corrected chi connectivity index (χ2v) is 13.9. The second kappa shape index (κ2) is 10.7. The van der Waals surface area contributed by atoms with Crippen molar-refractivity contribution in [3.63, 3.8) is 0 Å². The van der Waals surface area contributed by atoms with Crippen molar-refractivity contribution in [2.75, 3.05) is 44.3 Å². The van der Waals surface area contributed by atoms with Crippen molar-refractivity contribution in [2.45, 2.75) is 69.2 Å². The van der Waals surface area contributed by atoms with E-state index >= 15 is 8.78 Å². The number of aromatic amines is 1. The Morgan fingerprint density at radius 1 is 1.09 bits per heavy atom. The van der Waals surface area contributed by atoms with Crippen molar-refractivity contribution in [1.82, 2.24) is 30.0 Å². The van der Waals surface area contributed by atoms with Crippen LogP contribution < -0.4 is 9.64 Å². The molecule has 4 aromatic rings. The number of alkyl halides is 1. The van der Waals surface area contributed by atoms with Crippen LogP contribution in [0.3, 0.4) is 0 Å². The van der Waals surface area contributed by atoms with Gasteiger partial charge in [-0.25, -0.2) is 18.0 Å². The van der Waals surface area contributed by atoms with Gasteiger partial charge < -0.3 is 19.1 Å². The van der Waals surface area contributed by atoms with Crippen molar-refractivity contribution in [2.24, 2.45) is 5.41 Å². The summed E-state index contributed by atoms with van der Waals surface area (Å²) in [6.07, 6.45) is 6.28. The van der Waals surface area contributed by atoms with Gasteiger partial charge in [-0.05, 0) is 56.6 Å². The van der Waals surface area contributed by atoms with Gasteiger partial charge in [0.2, 0.25) is 0 Å². The maximum Gasteiger partial charge on any atom is 0.508 e. The van der Waals surface area contributed by atoms with E-state index in [2.05, 4.69) is 30.0 Å². The van der Waals surface area contributed by atoms with Crippen LogP contribution in [0.4, 0.5) is 23.8 Å². The number of nitrogens with zero attached hydrogens (tertiary/aromatic N) is 6. The lowest BCUT2D eigenvalue weighted by Crippen LogP contribution is -2.53. The molecule has 47 heavy (non-hydrogen) atoms. The summed E-state index contributed by atoms with van der Waals surface area (Å²) in [6, 6.07) is 1.29. The molecule has 9 heterocycles. The lowest BCUT2D eigenvalue weighted by atomic mass is 9.62. The minimum absolute atomic E-state index is 0.00242. The Labute approximate surface area is 267 Å². The molecule has 4 fully saturated rings. The topological polar surface area (TPSA) is 119 Å². The first-order chi connectivity index (χ1) is 22.8. The van der Waals surface area contributed by atoms with Crippen LogP contribution in [0.5, 0.6) is 6.01 Å². The molecule has 14 heteroatoms. The zero-order valence-corrected chi connectivity index (χ0v) is 25.7. The molecule has 3 saturated heterocycles. The van der Waals surface area contributed by atoms with E-state index in [1.807, 2.05) is 0 Å². The number of carbonyl (C=O) groups excluding carboxylic acids is 1. The van der Waals surface area contributed by atoms with Gasteiger partial charge in [0.25, 0.3) is 0 Å². The van der Waals surface area contributed by atoms with Gasteiger partial charge in [0.05, 0.1) is 29.2 Å². The normalized spacial score (nSPS) is 29.0. The third-order valence-electron chi connectivity index (χ3n) is 11.0. The molecule has 1 spiro atoms. The van der Waals surface area contributed by atoms with Crippen molar-refractivity contribution >= 4 is 33.8 Å². The molecular weight excluding hydrogens is 615 g/mol. The van der Waals surface area contributed by atoms with Crippen LogP contribution in [0, 0.1) is 17.0 Å². The number of rotatable bonds is 3. The highest BCUT2D eigenvalue weighted by molar-refractivity contribution is 5.99. The van der Waals surface area contributed by atoms with Crippen LogP contribution in [0.25, 0.3) is 33.1 Å². The fourth-order valence-electron chi connectivity index (χ4n) is 8.88. The quantitative estimate of drug-likeness (QED) is 0.295. The Hall–Kier alpha value is -4.20. The SMILES string of the molecule is O=C1OCCc2c(F)cc3[nH]ncc3c2-c2ncc3c(nc(OC[C@@]45CCCN4C[C@H](F)C5)nc3c2F)N2CCCC3(CC(C3)O1)C2. The van der Waals surface area contributed by atoms with Gasteiger partial charge in [-0.3, -0.25) is 15.0 Å². The molecule has 0 radical (unpaired) electrons. The summed E-state index contributed by atoms with van der Waals surface area (Å²) in [5.74, 6) is -0.876. The predicted octanol–water partition coefficient (Wildman–Crippen LogP) is 5.26. The number of anilines is 1. The minimum Gasteiger partial charge on any atom is -0.461 e. The Morgan fingerprint density at radius 3 is 2.85 bits per heavy atom. The van der Waals surface area contributed by atoms with E-state index in [-0.39, 0.29) is 59.5 Å². The number of hydrogen-bond acceptors (Lipinski definition) is 10. The number of aromatic nitrogens is 5. The van der Waals surface area contributed by atoms with Crippen LogP contribution in [0.2, 0.25) is 0 Å². The molecule has 0 unspecified atom stereocenters. The number of halogens is 3. The first-order valence-electron chi connectivity index (χ1n) is 16.4. The van der Waals surface area contributed by atoms with E-state index in [0.29, 0.717) is 61.0 Å². The molecule has 3 aromatic heterocycles. The number of nitrogens with one attached hydrogen (secondary N) is 1. The summed E-state index contributed by atoms with van der Waals surface area (Å²) in [7, 11) is 0. The maximum absolute atomic E-state index is 17.0. The van der Waals surface area contributed by atoms with E-state index in [4.69, 9.17) is 19.2 Å².